The number of rotatable bonds is 6. The van der Waals surface area contributed by atoms with Gasteiger partial charge in [-0.2, -0.15) is 0 Å². The number of hydrogen-bond acceptors (Lipinski definition) is 3. The summed E-state index contributed by atoms with van der Waals surface area (Å²) in [5.74, 6) is 1.81. The molecule has 0 spiro atoms. The highest BCUT2D eigenvalue weighted by molar-refractivity contribution is 9.10. The lowest BCUT2D eigenvalue weighted by atomic mass is 9.66. The average Bonchev–Trinajstić information content (AvgIpc) is 2.65. The van der Waals surface area contributed by atoms with Crippen molar-refractivity contribution in [3.63, 3.8) is 0 Å². The van der Waals surface area contributed by atoms with E-state index < -0.39 is 0 Å². The molecule has 0 heterocycles. The smallest absolute Gasteiger partial charge is 0.175 e. The van der Waals surface area contributed by atoms with Crippen LogP contribution in [0.4, 0.5) is 0 Å². The summed E-state index contributed by atoms with van der Waals surface area (Å²) in [4.78, 5) is 12.5. The van der Waals surface area contributed by atoms with Gasteiger partial charge in [0.25, 0.3) is 0 Å². The van der Waals surface area contributed by atoms with Gasteiger partial charge >= 0.3 is 0 Å². The van der Waals surface area contributed by atoms with Crippen molar-refractivity contribution >= 4 is 21.7 Å². The number of benzene rings is 2. The molecular formula is C23H27BrO3. The fraction of sp³-hybridized carbons (Fsp3) is 0.435. The quantitative estimate of drug-likeness (QED) is 0.565. The minimum Gasteiger partial charge on any atom is -0.492 e. The zero-order chi connectivity index (χ0) is 19.4. The van der Waals surface area contributed by atoms with Crippen molar-refractivity contribution in [2.45, 2.75) is 46.1 Å². The molecule has 1 aliphatic carbocycles. The Bertz CT molecular complexity index is 799. The summed E-state index contributed by atoms with van der Waals surface area (Å²) in [7, 11) is 1.65. The van der Waals surface area contributed by atoms with Gasteiger partial charge in [-0.1, -0.05) is 50.2 Å². The Labute approximate surface area is 170 Å². The monoisotopic (exact) mass is 430 g/mol. The average molecular weight is 431 g/mol. The van der Waals surface area contributed by atoms with Crippen LogP contribution in [-0.2, 0) is 17.8 Å². The Morgan fingerprint density at radius 3 is 2.56 bits per heavy atom. The molecule has 2 aromatic carbocycles. The molecule has 0 saturated heterocycles. The SMILES string of the molecule is COc1c(OCc2ccccc2)ccc(CC2C(=O)CCCC2(C)C)c1Br. The molecule has 4 heteroatoms. The third-order valence-corrected chi connectivity index (χ3v) is 6.45. The first-order valence-electron chi connectivity index (χ1n) is 9.47. The summed E-state index contributed by atoms with van der Waals surface area (Å²) in [6.07, 6.45) is 3.51. The summed E-state index contributed by atoms with van der Waals surface area (Å²) in [6.45, 7) is 4.89. The van der Waals surface area contributed by atoms with Crippen molar-refractivity contribution < 1.29 is 14.3 Å². The van der Waals surface area contributed by atoms with E-state index in [1.165, 1.54) is 0 Å². The maximum Gasteiger partial charge on any atom is 0.175 e. The Hall–Kier alpha value is -1.81. The minimum atomic E-state index is 0.0322. The molecule has 27 heavy (non-hydrogen) atoms. The van der Waals surface area contributed by atoms with Crippen molar-refractivity contribution in [1.29, 1.82) is 0 Å². The van der Waals surface area contributed by atoms with Gasteiger partial charge in [-0.3, -0.25) is 4.79 Å². The maximum atomic E-state index is 12.5. The first-order valence-corrected chi connectivity index (χ1v) is 10.3. The first kappa shape index (κ1) is 19.9. The van der Waals surface area contributed by atoms with E-state index in [2.05, 4.69) is 29.8 Å². The van der Waals surface area contributed by atoms with Crippen LogP contribution in [-0.4, -0.2) is 12.9 Å². The van der Waals surface area contributed by atoms with Crippen LogP contribution in [0.15, 0.2) is 46.9 Å². The van der Waals surface area contributed by atoms with Crippen molar-refractivity contribution in [1.82, 2.24) is 0 Å². The molecule has 1 saturated carbocycles. The predicted molar refractivity (Wildman–Crippen MR) is 111 cm³/mol. The van der Waals surface area contributed by atoms with Gasteiger partial charge in [0.2, 0.25) is 0 Å². The van der Waals surface area contributed by atoms with Gasteiger partial charge < -0.3 is 9.47 Å². The molecule has 3 rings (SSSR count). The molecule has 0 aliphatic heterocycles. The fourth-order valence-electron chi connectivity index (χ4n) is 3.89. The second-order valence-corrected chi connectivity index (χ2v) is 8.70. The van der Waals surface area contributed by atoms with E-state index in [4.69, 9.17) is 9.47 Å². The molecule has 1 unspecified atom stereocenters. The van der Waals surface area contributed by atoms with Gasteiger partial charge in [-0.05, 0) is 57.8 Å². The molecule has 0 N–H and O–H groups in total. The van der Waals surface area contributed by atoms with Crippen molar-refractivity contribution in [3.8, 4) is 11.5 Å². The first-order chi connectivity index (χ1) is 12.9. The van der Waals surface area contributed by atoms with Gasteiger partial charge in [0.1, 0.15) is 12.4 Å². The van der Waals surface area contributed by atoms with Gasteiger partial charge in [0.05, 0.1) is 11.6 Å². The zero-order valence-corrected chi connectivity index (χ0v) is 17.8. The zero-order valence-electron chi connectivity index (χ0n) is 16.3. The molecule has 1 atom stereocenters. The second kappa shape index (κ2) is 8.47. The fourth-order valence-corrected chi connectivity index (χ4v) is 4.54. The molecular weight excluding hydrogens is 404 g/mol. The number of halogens is 1. The standard InChI is InChI=1S/C23H27BrO3/c1-23(2)13-7-10-19(25)18(23)14-17-11-12-20(22(26-3)21(17)24)27-15-16-8-5-4-6-9-16/h4-6,8-9,11-12,18H,7,10,13-15H2,1-3H3. The number of carbonyl (C=O) groups is 1. The third-order valence-electron chi connectivity index (χ3n) is 5.58. The lowest BCUT2D eigenvalue weighted by molar-refractivity contribution is -0.129. The van der Waals surface area contributed by atoms with Crippen LogP contribution in [0.1, 0.15) is 44.2 Å². The third kappa shape index (κ3) is 4.55. The van der Waals surface area contributed by atoms with E-state index in [0.717, 1.165) is 34.9 Å². The van der Waals surface area contributed by atoms with Crippen LogP contribution in [0.2, 0.25) is 0 Å². The minimum absolute atomic E-state index is 0.0322. The van der Waals surface area contributed by atoms with Crippen molar-refractivity contribution in [3.05, 3.63) is 58.1 Å². The topological polar surface area (TPSA) is 35.5 Å². The summed E-state index contributed by atoms with van der Waals surface area (Å²) in [5.41, 5.74) is 2.23. The number of methoxy groups -OCH3 is 1. The van der Waals surface area contributed by atoms with Crippen LogP contribution in [0, 0.1) is 11.3 Å². The van der Waals surface area contributed by atoms with Gasteiger partial charge in [0.15, 0.2) is 11.5 Å². The predicted octanol–water partition coefficient (Wildman–Crippen LogP) is 5.97. The van der Waals surface area contributed by atoms with Crippen LogP contribution in [0.25, 0.3) is 0 Å². The van der Waals surface area contributed by atoms with E-state index >= 15 is 0 Å². The molecule has 0 bridgehead atoms. The highest BCUT2D eigenvalue weighted by Gasteiger charge is 2.38. The molecule has 0 aromatic heterocycles. The second-order valence-electron chi connectivity index (χ2n) is 7.91. The van der Waals surface area contributed by atoms with Crippen LogP contribution in [0.3, 0.4) is 0 Å². The largest absolute Gasteiger partial charge is 0.492 e. The molecule has 3 nitrogen and oxygen atoms in total. The normalized spacial score (nSPS) is 19.0. The van der Waals surface area contributed by atoms with E-state index in [-0.39, 0.29) is 11.3 Å². The Kier molecular flexibility index (Phi) is 6.25. The summed E-state index contributed by atoms with van der Waals surface area (Å²) in [5, 5.41) is 0. The van der Waals surface area contributed by atoms with E-state index in [0.29, 0.717) is 30.3 Å². The van der Waals surface area contributed by atoms with Crippen molar-refractivity contribution in [2.24, 2.45) is 11.3 Å². The van der Waals surface area contributed by atoms with Gasteiger partial charge in [-0.15, -0.1) is 0 Å². The van der Waals surface area contributed by atoms with E-state index in [9.17, 15) is 4.79 Å². The van der Waals surface area contributed by atoms with Crippen LogP contribution >= 0.6 is 15.9 Å². The Morgan fingerprint density at radius 2 is 1.89 bits per heavy atom. The van der Waals surface area contributed by atoms with Crippen LogP contribution < -0.4 is 9.47 Å². The highest BCUT2D eigenvalue weighted by Crippen LogP contribution is 2.44. The molecule has 0 amide bonds. The number of ketones is 1. The Balaban J connectivity index is 1.80. The highest BCUT2D eigenvalue weighted by atomic mass is 79.9. The molecule has 0 radical (unpaired) electrons. The summed E-state index contributed by atoms with van der Waals surface area (Å²) < 4.78 is 12.5. The summed E-state index contributed by atoms with van der Waals surface area (Å²) >= 11 is 3.69. The molecule has 144 valence electrons. The number of carbonyl (C=O) groups excluding carboxylic acids is 1. The summed E-state index contributed by atoms with van der Waals surface area (Å²) in [6, 6.07) is 14.0. The molecule has 1 aliphatic rings. The lowest BCUT2D eigenvalue weighted by Gasteiger charge is -2.37. The van der Waals surface area contributed by atoms with Crippen LogP contribution in [0.5, 0.6) is 11.5 Å². The van der Waals surface area contributed by atoms with E-state index in [1.807, 2.05) is 42.5 Å². The maximum absolute atomic E-state index is 12.5. The van der Waals surface area contributed by atoms with E-state index in [1.54, 1.807) is 7.11 Å². The lowest BCUT2D eigenvalue weighted by Crippen LogP contribution is -2.36. The van der Waals surface area contributed by atoms with Gasteiger partial charge in [-0.25, -0.2) is 0 Å². The van der Waals surface area contributed by atoms with Gasteiger partial charge in [0, 0.05) is 12.3 Å². The molecule has 2 aromatic rings. The Morgan fingerprint density at radius 1 is 1.15 bits per heavy atom. The van der Waals surface area contributed by atoms with Crippen molar-refractivity contribution in [2.75, 3.05) is 7.11 Å². The number of hydrogen-bond donors (Lipinski definition) is 0. The molecule has 1 fully saturated rings. The number of Topliss-reactive ketones (excluding diaryl/α,β-unsaturated/α-hetero) is 1. The number of ether oxygens (including phenoxy) is 2.